The highest BCUT2D eigenvalue weighted by Crippen LogP contribution is 2.21. The topological polar surface area (TPSA) is 59.0 Å². The maximum absolute atomic E-state index is 8.72. The number of nitrogen functional groups attached to an aromatic ring is 1. The summed E-state index contributed by atoms with van der Waals surface area (Å²) in [5.41, 5.74) is 8.29. The molecule has 0 bridgehead atoms. The van der Waals surface area contributed by atoms with E-state index in [2.05, 4.69) is 22.0 Å². The molecule has 2 aromatic rings. The molecular weight excluding hydrogens is 304 g/mol. The molecule has 0 amide bonds. The molecule has 2 rings (SSSR count). The summed E-state index contributed by atoms with van der Waals surface area (Å²) in [6, 6.07) is 15.4. The predicted molar refractivity (Wildman–Crippen MR) is 78.6 cm³/mol. The average Bonchev–Trinajstić information content (AvgIpc) is 2.40. The van der Waals surface area contributed by atoms with Crippen molar-refractivity contribution in [2.24, 2.45) is 0 Å². The fourth-order valence-electron chi connectivity index (χ4n) is 1.70. The number of ether oxygens (including phenoxy) is 1. The van der Waals surface area contributed by atoms with Gasteiger partial charge in [-0.2, -0.15) is 5.26 Å². The maximum atomic E-state index is 8.72. The van der Waals surface area contributed by atoms with Gasteiger partial charge in [0.1, 0.15) is 12.4 Å². The number of halogens is 1. The van der Waals surface area contributed by atoms with Gasteiger partial charge in [0.25, 0.3) is 0 Å². The van der Waals surface area contributed by atoms with Crippen LogP contribution in [-0.2, 0) is 13.0 Å². The molecule has 0 aliphatic carbocycles. The predicted octanol–water partition coefficient (Wildman–Crippen LogP) is 3.68. The van der Waals surface area contributed by atoms with Crippen LogP contribution in [0.3, 0.4) is 0 Å². The standard InChI is InChI=1S/C15H13BrN2O/c16-13-3-1-2-11(8-13)10-19-14-4-5-15(18)12(9-14)6-7-17/h1-5,8-9H,6,10,18H2. The van der Waals surface area contributed by atoms with Crippen molar-refractivity contribution in [3.63, 3.8) is 0 Å². The van der Waals surface area contributed by atoms with Crippen LogP contribution in [0.2, 0.25) is 0 Å². The lowest BCUT2D eigenvalue weighted by atomic mass is 10.1. The first-order valence-corrected chi connectivity index (χ1v) is 6.61. The normalized spacial score (nSPS) is 9.89. The Hall–Kier alpha value is -1.99. The number of anilines is 1. The third-order valence-electron chi connectivity index (χ3n) is 2.68. The summed E-state index contributed by atoms with van der Waals surface area (Å²) in [6.07, 6.45) is 0.292. The highest BCUT2D eigenvalue weighted by Gasteiger charge is 2.02. The summed E-state index contributed by atoms with van der Waals surface area (Å²) in [5.74, 6) is 0.722. The second-order valence-electron chi connectivity index (χ2n) is 4.11. The van der Waals surface area contributed by atoms with Crippen molar-refractivity contribution in [2.75, 3.05) is 5.73 Å². The fourth-order valence-corrected chi connectivity index (χ4v) is 2.15. The molecule has 0 saturated heterocycles. The van der Waals surface area contributed by atoms with E-state index in [-0.39, 0.29) is 0 Å². The number of nitrogens with two attached hydrogens (primary N) is 1. The summed E-state index contributed by atoms with van der Waals surface area (Å²) >= 11 is 3.42. The van der Waals surface area contributed by atoms with Crippen LogP contribution in [0.1, 0.15) is 11.1 Å². The molecule has 2 N–H and O–H groups in total. The zero-order valence-corrected chi connectivity index (χ0v) is 11.9. The van der Waals surface area contributed by atoms with Crippen LogP contribution < -0.4 is 10.5 Å². The van der Waals surface area contributed by atoms with Gasteiger partial charge in [-0.15, -0.1) is 0 Å². The van der Waals surface area contributed by atoms with Crippen molar-refractivity contribution in [1.29, 1.82) is 5.26 Å². The molecule has 0 radical (unpaired) electrons. The number of rotatable bonds is 4. The van der Waals surface area contributed by atoms with Crippen LogP contribution in [0.5, 0.6) is 5.75 Å². The molecule has 0 atom stereocenters. The van der Waals surface area contributed by atoms with E-state index in [0.29, 0.717) is 18.7 Å². The molecule has 2 aromatic carbocycles. The average molecular weight is 317 g/mol. The zero-order valence-electron chi connectivity index (χ0n) is 10.3. The largest absolute Gasteiger partial charge is 0.489 e. The summed E-state index contributed by atoms with van der Waals surface area (Å²) in [4.78, 5) is 0. The molecule has 0 aliphatic heterocycles. The van der Waals surface area contributed by atoms with E-state index in [9.17, 15) is 0 Å². The number of nitrogens with zero attached hydrogens (tertiary/aromatic N) is 1. The molecule has 0 heterocycles. The SMILES string of the molecule is N#CCc1cc(OCc2cccc(Br)c2)ccc1N. The first-order valence-electron chi connectivity index (χ1n) is 5.81. The van der Waals surface area contributed by atoms with Gasteiger partial charge in [0.15, 0.2) is 0 Å². The molecule has 0 saturated carbocycles. The van der Waals surface area contributed by atoms with Gasteiger partial charge in [0.05, 0.1) is 12.5 Å². The highest BCUT2D eigenvalue weighted by atomic mass is 79.9. The lowest BCUT2D eigenvalue weighted by Gasteiger charge is -2.09. The Labute approximate surface area is 120 Å². The summed E-state index contributed by atoms with van der Waals surface area (Å²) in [5, 5.41) is 8.72. The van der Waals surface area contributed by atoms with Gasteiger partial charge in [-0.25, -0.2) is 0 Å². The third kappa shape index (κ3) is 3.73. The molecule has 0 aromatic heterocycles. The molecular formula is C15H13BrN2O. The molecule has 0 aliphatic rings. The van der Waals surface area contributed by atoms with E-state index in [1.54, 1.807) is 6.07 Å². The molecule has 4 heteroatoms. The highest BCUT2D eigenvalue weighted by molar-refractivity contribution is 9.10. The monoisotopic (exact) mass is 316 g/mol. The quantitative estimate of drug-likeness (QED) is 0.875. The number of hydrogen-bond acceptors (Lipinski definition) is 3. The van der Waals surface area contributed by atoms with Crippen LogP contribution in [0.25, 0.3) is 0 Å². The minimum atomic E-state index is 0.292. The summed E-state index contributed by atoms with van der Waals surface area (Å²) < 4.78 is 6.73. The van der Waals surface area contributed by atoms with Crippen molar-refractivity contribution in [3.05, 3.63) is 58.1 Å². The Balaban J connectivity index is 2.08. The van der Waals surface area contributed by atoms with Crippen molar-refractivity contribution in [3.8, 4) is 11.8 Å². The van der Waals surface area contributed by atoms with E-state index in [1.165, 1.54) is 0 Å². The molecule has 19 heavy (non-hydrogen) atoms. The Bertz CT molecular complexity index is 620. The van der Waals surface area contributed by atoms with E-state index >= 15 is 0 Å². The third-order valence-corrected chi connectivity index (χ3v) is 3.17. The molecule has 0 spiro atoms. The lowest BCUT2D eigenvalue weighted by molar-refractivity contribution is 0.306. The van der Waals surface area contributed by atoms with Crippen LogP contribution in [-0.4, -0.2) is 0 Å². The van der Waals surface area contributed by atoms with Crippen molar-refractivity contribution >= 4 is 21.6 Å². The summed E-state index contributed by atoms with van der Waals surface area (Å²) in [6.45, 7) is 0.481. The van der Waals surface area contributed by atoms with Crippen molar-refractivity contribution in [1.82, 2.24) is 0 Å². The van der Waals surface area contributed by atoms with Crippen LogP contribution in [0, 0.1) is 11.3 Å². The van der Waals surface area contributed by atoms with Crippen molar-refractivity contribution < 1.29 is 4.74 Å². The Kier molecular flexibility index (Phi) is 4.43. The molecule has 3 nitrogen and oxygen atoms in total. The van der Waals surface area contributed by atoms with E-state index < -0.39 is 0 Å². The molecule has 96 valence electrons. The second-order valence-corrected chi connectivity index (χ2v) is 5.03. The molecule has 0 unspecified atom stereocenters. The second kappa shape index (κ2) is 6.26. The Morgan fingerprint density at radius 3 is 2.79 bits per heavy atom. The van der Waals surface area contributed by atoms with Gasteiger partial charge in [-0.05, 0) is 41.5 Å². The zero-order chi connectivity index (χ0) is 13.7. The maximum Gasteiger partial charge on any atom is 0.120 e. The minimum absolute atomic E-state index is 0.292. The van der Waals surface area contributed by atoms with Gasteiger partial charge in [0, 0.05) is 10.2 Å². The van der Waals surface area contributed by atoms with E-state index in [4.69, 9.17) is 15.7 Å². The summed E-state index contributed by atoms with van der Waals surface area (Å²) in [7, 11) is 0. The van der Waals surface area contributed by atoms with Gasteiger partial charge in [-0.3, -0.25) is 0 Å². The van der Waals surface area contributed by atoms with Gasteiger partial charge >= 0.3 is 0 Å². The van der Waals surface area contributed by atoms with Gasteiger partial charge in [-0.1, -0.05) is 28.1 Å². The lowest BCUT2D eigenvalue weighted by Crippen LogP contribution is -1.98. The Morgan fingerprint density at radius 1 is 1.21 bits per heavy atom. The number of nitriles is 1. The molecule has 0 fully saturated rings. The van der Waals surface area contributed by atoms with E-state index in [0.717, 1.165) is 21.3 Å². The van der Waals surface area contributed by atoms with Crippen LogP contribution >= 0.6 is 15.9 Å². The van der Waals surface area contributed by atoms with E-state index in [1.807, 2.05) is 36.4 Å². The van der Waals surface area contributed by atoms with Crippen LogP contribution in [0.4, 0.5) is 5.69 Å². The first kappa shape index (κ1) is 13.4. The van der Waals surface area contributed by atoms with Gasteiger partial charge in [0.2, 0.25) is 0 Å². The number of benzene rings is 2. The van der Waals surface area contributed by atoms with Gasteiger partial charge < -0.3 is 10.5 Å². The van der Waals surface area contributed by atoms with Crippen molar-refractivity contribution in [2.45, 2.75) is 13.0 Å². The minimum Gasteiger partial charge on any atom is -0.489 e. The number of hydrogen-bond donors (Lipinski definition) is 1. The first-order chi connectivity index (χ1) is 9.19. The Morgan fingerprint density at radius 2 is 2.05 bits per heavy atom. The van der Waals surface area contributed by atoms with Crippen LogP contribution in [0.15, 0.2) is 46.9 Å². The fraction of sp³-hybridized carbons (Fsp3) is 0.133. The smallest absolute Gasteiger partial charge is 0.120 e.